The van der Waals surface area contributed by atoms with Gasteiger partial charge in [-0.15, -0.1) is 0 Å². The van der Waals surface area contributed by atoms with Crippen LogP contribution in [0.5, 0.6) is 0 Å². The fraction of sp³-hybridized carbons (Fsp3) is 0.550. The first-order valence-electron chi connectivity index (χ1n) is 9.89. The number of carbonyl (C=O) groups is 5. The summed E-state index contributed by atoms with van der Waals surface area (Å²) in [5, 5.41) is 2.67. The van der Waals surface area contributed by atoms with Gasteiger partial charge in [0.1, 0.15) is 12.1 Å². The van der Waals surface area contributed by atoms with Gasteiger partial charge in [0, 0.05) is 11.4 Å². The van der Waals surface area contributed by atoms with E-state index in [1.54, 1.807) is 20.8 Å². The van der Waals surface area contributed by atoms with E-state index in [1.165, 1.54) is 0 Å². The first-order valence-corrected chi connectivity index (χ1v) is 9.89. The molecule has 0 unspecified atom stereocenters. The number of urea groups is 1. The number of amides is 3. The van der Waals surface area contributed by atoms with Gasteiger partial charge in [-0.25, -0.2) is 9.59 Å². The van der Waals surface area contributed by atoms with Gasteiger partial charge >= 0.3 is 18.0 Å². The number of aromatic amines is 1. The monoisotopic (exact) mass is 419 g/mol. The van der Waals surface area contributed by atoms with E-state index in [4.69, 9.17) is 9.47 Å². The van der Waals surface area contributed by atoms with Crippen LogP contribution in [0.15, 0.2) is 0 Å². The minimum Gasteiger partial charge on any atom is -0.462 e. The molecular weight excluding hydrogens is 394 g/mol. The summed E-state index contributed by atoms with van der Waals surface area (Å²) in [6.45, 7) is 3.87. The van der Waals surface area contributed by atoms with Crippen molar-refractivity contribution < 1.29 is 33.4 Å². The predicted molar refractivity (Wildman–Crippen MR) is 103 cm³/mol. The molecule has 2 N–H and O–H groups in total. The second-order valence-electron chi connectivity index (χ2n) is 7.54. The largest absolute Gasteiger partial charge is 0.462 e. The first kappa shape index (κ1) is 21.5. The fourth-order valence-electron chi connectivity index (χ4n) is 4.12. The van der Waals surface area contributed by atoms with Crippen molar-refractivity contribution in [1.29, 1.82) is 0 Å². The average molecular weight is 419 g/mol. The first-order chi connectivity index (χ1) is 14.2. The van der Waals surface area contributed by atoms with Gasteiger partial charge < -0.3 is 19.8 Å². The van der Waals surface area contributed by atoms with E-state index >= 15 is 0 Å². The number of Topliss-reactive ketones (excluding diaryl/α,β-unsaturated/α-hetero) is 1. The number of carbonyl (C=O) groups excluding carboxylic acids is 5. The number of H-pyrrole nitrogens is 1. The van der Waals surface area contributed by atoms with Gasteiger partial charge in [-0.1, -0.05) is 12.8 Å². The lowest BCUT2D eigenvalue weighted by Crippen LogP contribution is -2.44. The van der Waals surface area contributed by atoms with Crippen molar-refractivity contribution in [3.63, 3.8) is 0 Å². The zero-order valence-electron chi connectivity index (χ0n) is 17.3. The zero-order chi connectivity index (χ0) is 22.1. The minimum atomic E-state index is -0.915. The molecule has 0 radical (unpaired) electrons. The van der Waals surface area contributed by atoms with Crippen molar-refractivity contribution in [2.24, 2.45) is 0 Å². The molecule has 1 saturated carbocycles. The number of hydrogen-bond acceptors (Lipinski definition) is 7. The summed E-state index contributed by atoms with van der Waals surface area (Å²) < 4.78 is 9.99. The van der Waals surface area contributed by atoms with Crippen LogP contribution in [-0.2, 0) is 19.1 Å². The molecule has 1 aliphatic heterocycles. The average Bonchev–Trinajstić information content (AvgIpc) is 3.33. The van der Waals surface area contributed by atoms with Gasteiger partial charge in [0.05, 0.1) is 17.7 Å². The van der Waals surface area contributed by atoms with Gasteiger partial charge in [0.25, 0.3) is 5.91 Å². The van der Waals surface area contributed by atoms with E-state index in [-0.39, 0.29) is 17.7 Å². The third-order valence-corrected chi connectivity index (χ3v) is 5.49. The maximum atomic E-state index is 12.6. The van der Waals surface area contributed by atoms with Crippen molar-refractivity contribution in [3.8, 4) is 0 Å². The number of hydrogen-bond donors (Lipinski definition) is 2. The molecule has 30 heavy (non-hydrogen) atoms. The summed E-state index contributed by atoms with van der Waals surface area (Å²) in [7, 11) is 0. The van der Waals surface area contributed by atoms with Crippen LogP contribution in [0, 0.1) is 13.8 Å². The Kier molecular flexibility index (Phi) is 5.95. The van der Waals surface area contributed by atoms with Crippen LogP contribution in [0.25, 0.3) is 0 Å². The smallest absolute Gasteiger partial charge is 0.340 e. The molecule has 162 valence electrons. The third-order valence-electron chi connectivity index (χ3n) is 5.49. The van der Waals surface area contributed by atoms with Gasteiger partial charge in [-0.2, -0.15) is 0 Å². The standard InChI is InChI=1S/C20H25N3O7/c1-4-29-17(26)16-12(3)21-11(2)15(16)13(24)10-30-14(25)9-23-18(27)20(22-19(23)28)7-5-6-8-20/h21H,4-10H2,1-3H3,(H,22,28). The number of aromatic nitrogens is 1. The number of ketones is 1. The van der Waals surface area contributed by atoms with Gasteiger partial charge in [-0.3, -0.25) is 19.3 Å². The molecule has 0 bridgehead atoms. The lowest BCUT2D eigenvalue weighted by atomic mass is 9.98. The predicted octanol–water partition coefficient (Wildman–Crippen LogP) is 1.40. The summed E-state index contributed by atoms with van der Waals surface area (Å²) in [5.74, 6) is -2.55. The third kappa shape index (κ3) is 3.81. The van der Waals surface area contributed by atoms with E-state index in [9.17, 15) is 24.0 Å². The molecule has 1 saturated heterocycles. The van der Waals surface area contributed by atoms with Crippen LogP contribution in [0.4, 0.5) is 4.79 Å². The minimum absolute atomic E-state index is 0.0960. The van der Waals surface area contributed by atoms with Crippen LogP contribution in [0.1, 0.15) is 64.7 Å². The van der Waals surface area contributed by atoms with Crippen molar-refractivity contribution >= 4 is 29.7 Å². The van der Waals surface area contributed by atoms with E-state index in [2.05, 4.69) is 10.3 Å². The summed E-state index contributed by atoms with van der Waals surface area (Å²) in [5.41, 5.74) is 0.212. The fourth-order valence-corrected chi connectivity index (χ4v) is 4.12. The SMILES string of the molecule is CCOC(=O)c1c(C)[nH]c(C)c1C(=O)COC(=O)CN1C(=O)NC2(CCCC2)C1=O. The highest BCUT2D eigenvalue weighted by atomic mass is 16.5. The van der Waals surface area contributed by atoms with E-state index in [0.29, 0.717) is 24.2 Å². The van der Waals surface area contributed by atoms with Crippen LogP contribution < -0.4 is 5.32 Å². The molecule has 1 spiro atoms. The lowest BCUT2D eigenvalue weighted by Gasteiger charge is -2.19. The van der Waals surface area contributed by atoms with E-state index in [1.807, 2.05) is 0 Å². The van der Waals surface area contributed by atoms with Crippen LogP contribution >= 0.6 is 0 Å². The molecule has 10 nitrogen and oxygen atoms in total. The summed E-state index contributed by atoms with van der Waals surface area (Å²) >= 11 is 0. The Hall–Kier alpha value is -3.17. The highest BCUT2D eigenvalue weighted by Gasteiger charge is 2.52. The highest BCUT2D eigenvalue weighted by molar-refractivity contribution is 6.10. The summed E-state index contributed by atoms with van der Waals surface area (Å²) in [6, 6.07) is -0.633. The maximum absolute atomic E-state index is 12.6. The number of aryl methyl sites for hydroxylation is 2. The lowest BCUT2D eigenvalue weighted by molar-refractivity contribution is -0.146. The molecule has 10 heteroatoms. The summed E-state index contributed by atoms with van der Waals surface area (Å²) in [4.78, 5) is 65.4. The summed E-state index contributed by atoms with van der Waals surface area (Å²) in [6.07, 6.45) is 2.75. The van der Waals surface area contributed by atoms with Crippen molar-refractivity contribution in [3.05, 3.63) is 22.5 Å². The Morgan fingerprint density at radius 2 is 1.67 bits per heavy atom. The molecule has 1 aliphatic carbocycles. The molecule has 0 atom stereocenters. The number of nitrogens with zero attached hydrogens (tertiary/aromatic N) is 1. The molecule has 3 amide bonds. The van der Waals surface area contributed by atoms with Crippen molar-refractivity contribution in [2.75, 3.05) is 19.8 Å². The molecule has 1 aromatic rings. The second-order valence-corrected chi connectivity index (χ2v) is 7.54. The quantitative estimate of drug-likeness (QED) is 0.387. The zero-order valence-corrected chi connectivity index (χ0v) is 17.3. The van der Waals surface area contributed by atoms with Gasteiger partial charge in [0.2, 0.25) is 5.78 Å². The second kappa shape index (κ2) is 8.29. The molecule has 3 rings (SSSR count). The van der Waals surface area contributed by atoms with Crippen LogP contribution in [0.2, 0.25) is 0 Å². The number of rotatable bonds is 7. The topological polar surface area (TPSA) is 135 Å². The van der Waals surface area contributed by atoms with Crippen molar-refractivity contribution in [1.82, 2.24) is 15.2 Å². The van der Waals surface area contributed by atoms with Crippen LogP contribution in [0.3, 0.4) is 0 Å². The molecule has 0 aromatic carbocycles. The van der Waals surface area contributed by atoms with Crippen LogP contribution in [-0.4, -0.2) is 64.8 Å². The van der Waals surface area contributed by atoms with Gasteiger partial charge in [-0.05, 0) is 33.6 Å². The number of ether oxygens (including phenoxy) is 2. The Balaban J connectivity index is 1.63. The Morgan fingerprint density at radius 3 is 2.30 bits per heavy atom. The Labute approximate surface area is 173 Å². The number of nitrogens with one attached hydrogen (secondary N) is 2. The molecule has 2 aliphatic rings. The van der Waals surface area contributed by atoms with Gasteiger partial charge in [0.15, 0.2) is 6.61 Å². The normalized spacial score (nSPS) is 17.4. The van der Waals surface area contributed by atoms with Crippen molar-refractivity contribution in [2.45, 2.75) is 52.0 Å². The maximum Gasteiger partial charge on any atom is 0.340 e. The highest BCUT2D eigenvalue weighted by Crippen LogP contribution is 2.34. The Bertz CT molecular complexity index is 912. The Morgan fingerprint density at radius 1 is 1.03 bits per heavy atom. The van der Waals surface area contributed by atoms with E-state index < -0.39 is 48.4 Å². The number of imide groups is 1. The number of esters is 2. The molecule has 1 aromatic heterocycles. The van der Waals surface area contributed by atoms with E-state index in [0.717, 1.165) is 17.7 Å². The molecule has 2 heterocycles. The molecule has 2 fully saturated rings. The molecular formula is C20H25N3O7.